The molecule has 1 saturated carbocycles. The van der Waals surface area contributed by atoms with Crippen LogP contribution in [0.3, 0.4) is 0 Å². The molecule has 1 amide bonds. The van der Waals surface area contributed by atoms with Crippen LogP contribution in [0.5, 0.6) is 0 Å². The second kappa shape index (κ2) is 9.67. The van der Waals surface area contributed by atoms with Gasteiger partial charge in [-0.1, -0.05) is 32.9 Å². The predicted molar refractivity (Wildman–Crippen MR) is 127 cm³/mol. The fraction of sp³-hybridized carbons (Fsp3) is 0.667. The highest BCUT2D eigenvalue weighted by Crippen LogP contribution is 2.34. The molecular weight excluding hydrogens is 402 g/mol. The molecule has 1 unspecified atom stereocenters. The maximum atomic E-state index is 11.4. The third-order valence-corrected chi connectivity index (χ3v) is 6.03. The van der Waals surface area contributed by atoms with Crippen LogP contribution >= 0.6 is 0 Å². The summed E-state index contributed by atoms with van der Waals surface area (Å²) in [6, 6.07) is 8.41. The van der Waals surface area contributed by atoms with E-state index in [0.717, 1.165) is 49.2 Å². The van der Waals surface area contributed by atoms with Gasteiger partial charge in [0.1, 0.15) is 0 Å². The third kappa shape index (κ3) is 6.36. The maximum absolute atomic E-state index is 11.4. The minimum Gasteiger partial charge on any atom is -0.328 e. The molecule has 0 spiro atoms. The number of rotatable bonds is 7. The molecule has 1 atom stereocenters. The number of carbonyl (C=O) groups excluding carboxylic acids is 1. The minimum atomic E-state index is -0.248. The first-order chi connectivity index (χ1) is 14.9. The number of hydrogen-bond donors (Lipinski definition) is 3. The summed E-state index contributed by atoms with van der Waals surface area (Å²) in [5.74, 6) is 0.722. The molecule has 8 heteroatoms. The van der Waals surface area contributed by atoms with Crippen molar-refractivity contribution in [3.05, 3.63) is 35.7 Å². The Morgan fingerprint density at radius 2 is 1.75 bits per heavy atom. The van der Waals surface area contributed by atoms with E-state index in [0.29, 0.717) is 12.1 Å². The second-order valence-electron chi connectivity index (χ2n) is 11.0. The average Bonchev–Trinajstić information content (AvgIpc) is 3.17. The lowest BCUT2D eigenvalue weighted by atomic mass is 9.81. The fourth-order valence-corrected chi connectivity index (χ4v) is 4.98. The number of anilines is 1. The summed E-state index contributed by atoms with van der Waals surface area (Å²) in [4.78, 5) is 11.4. The zero-order valence-electron chi connectivity index (χ0n) is 20.4. The van der Waals surface area contributed by atoms with Crippen molar-refractivity contribution in [1.29, 1.82) is 0 Å². The topological polar surface area (TPSA) is 111 Å². The molecule has 0 saturated heterocycles. The number of nitrogens with one attached hydrogen (secondary N) is 2. The summed E-state index contributed by atoms with van der Waals surface area (Å²) in [6.45, 7) is 12.6. The average molecular weight is 442 g/mol. The summed E-state index contributed by atoms with van der Waals surface area (Å²) in [7, 11) is 0. The second-order valence-corrected chi connectivity index (χ2v) is 11.0. The van der Waals surface area contributed by atoms with Crippen molar-refractivity contribution in [2.75, 3.05) is 5.32 Å². The molecule has 2 aromatic rings. The Balaban J connectivity index is 1.95. The largest absolute Gasteiger partial charge is 0.328 e. The first-order valence-corrected chi connectivity index (χ1v) is 11.6. The van der Waals surface area contributed by atoms with Crippen molar-refractivity contribution in [2.45, 2.75) is 97.3 Å². The van der Waals surface area contributed by atoms with E-state index in [1.165, 1.54) is 6.92 Å². The van der Waals surface area contributed by atoms with Gasteiger partial charge in [-0.15, -0.1) is 5.10 Å². The lowest BCUT2D eigenvalue weighted by molar-refractivity contribution is -0.114. The highest BCUT2D eigenvalue weighted by atomic mass is 16.1. The van der Waals surface area contributed by atoms with Gasteiger partial charge in [-0.25, -0.2) is 4.68 Å². The Morgan fingerprint density at radius 3 is 2.31 bits per heavy atom. The van der Waals surface area contributed by atoms with Crippen LogP contribution in [0.1, 0.15) is 91.1 Å². The molecule has 3 rings (SSSR count). The first-order valence-electron chi connectivity index (χ1n) is 11.6. The third-order valence-electron chi connectivity index (χ3n) is 6.03. The van der Waals surface area contributed by atoms with Crippen molar-refractivity contribution in [1.82, 2.24) is 25.5 Å². The Hall–Kier alpha value is -2.32. The zero-order chi connectivity index (χ0) is 23.5. The number of nitrogens with zero attached hydrogens (tertiary/aromatic N) is 4. The number of tetrazole rings is 1. The molecule has 4 N–H and O–H groups in total. The van der Waals surface area contributed by atoms with E-state index in [1.54, 1.807) is 0 Å². The molecule has 32 heavy (non-hydrogen) atoms. The summed E-state index contributed by atoms with van der Waals surface area (Å²) in [6.07, 6.45) is 5.05. The maximum Gasteiger partial charge on any atom is 0.221 e. The van der Waals surface area contributed by atoms with Gasteiger partial charge in [-0.3, -0.25) is 4.79 Å². The normalized spacial score (nSPS) is 20.7. The molecule has 1 aliphatic rings. The fourth-order valence-electron chi connectivity index (χ4n) is 4.98. The lowest BCUT2D eigenvalue weighted by Gasteiger charge is -2.35. The number of hydrogen-bond acceptors (Lipinski definition) is 6. The SMILES string of the molecule is CC(=O)Nc1ccc(C(NC2CCC(N)CC2)c2nnnn2C(C)(C)CC(C)(C)C)cc1. The van der Waals surface area contributed by atoms with Crippen LogP contribution in [0, 0.1) is 5.41 Å². The molecule has 1 fully saturated rings. The van der Waals surface area contributed by atoms with Crippen molar-refractivity contribution >= 4 is 11.6 Å². The summed E-state index contributed by atoms with van der Waals surface area (Å²) in [5.41, 5.74) is 7.86. The Kier molecular flexibility index (Phi) is 7.35. The van der Waals surface area contributed by atoms with E-state index in [-0.39, 0.29) is 22.9 Å². The van der Waals surface area contributed by atoms with E-state index in [9.17, 15) is 4.79 Å². The van der Waals surface area contributed by atoms with Crippen LogP contribution in [-0.2, 0) is 10.3 Å². The van der Waals surface area contributed by atoms with Crippen LogP contribution in [0.25, 0.3) is 0 Å². The standard InChI is InChI=1S/C24H39N7O/c1-16(32)26-19-11-7-17(8-12-19)21(27-20-13-9-18(25)10-14-20)22-28-29-30-31(22)24(5,6)15-23(2,3)4/h7-8,11-12,18,20-21,27H,9-10,13-15,25H2,1-6H3,(H,26,32). The number of benzene rings is 1. The van der Waals surface area contributed by atoms with Gasteiger partial charge in [-0.05, 0) is 79.5 Å². The van der Waals surface area contributed by atoms with Crippen LogP contribution < -0.4 is 16.4 Å². The van der Waals surface area contributed by atoms with Crippen molar-refractivity contribution in [2.24, 2.45) is 11.1 Å². The van der Waals surface area contributed by atoms with Crippen molar-refractivity contribution in [3.63, 3.8) is 0 Å². The molecule has 1 aliphatic carbocycles. The van der Waals surface area contributed by atoms with Crippen molar-refractivity contribution in [3.8, 4) is 0 Å². The Morgan fingerprint density at radius 1 is 1.12 bits per heavy atom. The molecule has 0 bridgehead atoms. The van der Waals surface area contributed by atoms with E-state index in [2.05, 4.69) is 60.8 Å². The van der Waals surface area contributed by atoms with Gasteiger partial charge < -0.3 is 16.4 Å². The van der Waals surface area contributed by atoms with Gasteiger partial charge in [0.15, 0.2) is 5.82 Å². The molecular formula is C24H39N7O. The van der Waals surface area contributed by atoms with E-state index >= 15 is 0 Å². The van der Waals surface area contributed by atoms with Gasteiger partial charge >= 0.3 is 0 Å². The number of nitrogens with two attached hydrogens (primary N) is 1. The van der Waals surface area contributed by atoms with Gasteiger partial charge in [0.05, 0.1) is 11.6 Å². The van der Waals surface area contributed by atoms with E-state index in [1.807, 2.05) is 28.9 Å². The van der Waals surface area contributed by atoms with Gasteiger partial charge in [0.2, 0.25) is 5.91 Å². The first kappa shape index (κ1) is 24.3. The molecule has 0 radical (unpaired) electrons. The Labute approximate surface area is 191 Å². The summed E-state index contributed by atoms with van der Waals surface area (Å²) in [5, 5.41) is 19.6. The van der Waals surface area contributed by atoms with Gasteiger partial charge in [0, 0.05) is 24.7 Å². The minimum absolute atomic E-state index is 0.0844. The number of carbonyl (C=O) groups is 1. The highest BCUT2D eigenvalue weighted by molar-refractivity contribution is 5.88. The zero-order valence-corrected chi connectivity index (χ0v) is 20.4. The van der Waals surface area contributed by atoms with Crippen LogP contribution in [0.4, 0.5) is 5.69 Å². The summed E-state index contributed by atoms with van der Waals surface area (Å²) < 4.78 is 1.98. The van der Waals surface area contributed by atoms with Crippen LogP contribution in [-0.4, -0.2) is 38.2 Å². The summed E-state index contributed by atoms with van der Waals surface area (Å²) >= 11 is 0. The molecule has 8 nitrogen and oxygen atoms in total. The number of aromatic nitrogens is 4. The van der Waals surface area contributed by atoms with Gasteiger partial charge in [0.25, 0.3) is 0 Å². The molecule has 1 heterocycles. The highest BCUT2D eigenvalue weighted by Gasteiger charge is 2.34. The van der Waals surface area contributed by atoms with Gasteiger partial charge in [-0.2, -0.15) is 0 Å². The Bertz CT molecular complexity index is 890. The quantitative estimate of drug-likeness (QED) is 0.603. The molecule has 1 aromatic heterocycles. The molecule has 1 aromatic carbocycles. The smallest absolute Gasteiger partial charge is 0.221 e. The van der Waals surface area contributed by atoms with Crippen LogP contribution in [0.2, 0.25) is 0 Å². The monoisotopic (exact) mass is 441 g/mol. The molecule has 176 valence electrons. The van der Waals surface area contributed by atoms with Crippen molar-refractivity contribution < 1.29 is 4.79 Å². The van der Waals surface area contributed by atoms with E-state index in [4.69, 9.17) is 5.73 Å². The number of amides is 1. The molecule has 0 aliphatic heterocycles. The predicted octanol–water partition coefficient (Wildman–Crippen LogP) is 3.75. The van der Waals surface area contributed by atoms with Crippen LogP contribution in [0.15, 0.2) is 24.3 Å². The lowest BCUT2D eigenvalue weighted by Crippen LogP contribution is -2.42. The van der Waals surface area contributed by atoms with E-state index < -0.39 is 0 Å².